The molecule has 0 fully saturated rings. The SMILES string of the molecule is Nc1cc(CC(=O)Nc2cc(C(F)(F)F)c3cn[nH]c3c2)ccn1. The van der Waals surface area contributed by atoms with Crippen LogP contribution in [0.3, 0.4) is 0 Å². The van der Waals surface area contributed by atoms with Gasteiger partial charge in [-0.25, -0.2) is 4.98 Å². The predicted molar refractivity (Wildman–Crippen MR) is 82.1 cm³/mol. The average Bonchev–Trinajstić information content (AvgIpc) is 2.93. The fourth-order valence-electron chi connectivity index (χ4n) is 2.35. The Morgan fingerprint density at radius 1 is 1.29 bits per heavy atom. The maximum absolute atomic E-state index is 13.1. The van der Waals surface area contributed by atoms with Gasteiger partial charge in [-0.15, -0.1) is 0 Å². The Hall–Kier alpha value is -3.10. The molecule has 0 saturated carbocycles. The van der Waals surface area contributed by atoms with E-state index in [1.54, 1.807) is 6.07 Å². The number of carbonyl (C=O) groups is 1. The molecule has 124 valence electrons. The molecule has 4 N–H and O–H groups in total. The highest BCUT2D eigenvalue weighted by molar-refractivity contribution is 5.95. The Balaban J connectivity index is 1.86. The number of nitrogens with one attached hydrogen (secondary N) is 2. The van der Waals surface area contributed by atoms with E-state index in [-0.39, 0.29) is 28.8 Å². The van der Waals surface area contributed by atoms with Crippen LogP contribution in [-0.4, -0.2) is 21.1 Å². The number of H-pyrrole nitrogens is 1. The van der Waals surface area contributed by atoms with Gasteiger partial charge in [-0.2, -0.15) is 18.3 Å². The Labute approximate surface area is 133 Å². The van der Waals surface area contributed by atoms with Gasteiger partial charge in [0.2, 0.25) is 5.91 Å². The summed E-state index contributed by atoms with van der Waals surface area (Å²) < 4.78 is 39.4. The molecule has 0 spiro atoms. The number of nitrogens with two attached hydrogens (primary N) is 1. The molecule has 1 amide bonds. The number of aromatic amines is 1. The summed E-state index contributed by atoms with van der Waals surface area (Å²) in [5.74, 6) is -0.203. The molecule has 0 aliphatic heterocycles. The van der Waals surface area contributed by atoms with E-state index in [1.807, 2.05) is 0 Å². The monoisotopic (exact) mass is 335 g/mol. The normalized spacial score (nSPS) is 11.6. The number of benzene rings is 1. The quantitative estimate of drug-likeness (QED) is 0.685. The highest BCUT2D eigenvalue weighted by atomic mass is 19.4. The van der Waals surface area contributed by atoms with Gasteiger partial charge in [0.05, 0.1) is 23.7 Å². The van der Waals surface area contributed by atoms with Crippen LogP contribution in [0.1, 0.15) is 11.1 Å². The van der Waals surface area contributed by atoms with Gasteiger partial charge in [-0.3, -0.25) is 9.89 Å². The zero-order valence-corrected chi connectivity index (χ0v) is 12.2. The van der Waals surface area contributed by atoms with Crippen LogP contribution in [0.25, 0.3) is 10.9 Å². The Morgan fingerprint density at radius 3 is 2.79 bits per heavy atom. The molecule has 9 heteroatoms. The maximum Gasteiger partial charge on any atom is 0.417 e. The van der Waals surface area contributed by atoms with Crippen LogP contribution in [0, 0.1) is 0 Å². The third kappa shape index (κ3) is 3.29. The lowest BCUT2D eigenvalue weighted by Crippen LogP contribution is -2.15. The second-order valence-corrected chi connectivity index (χ2v) is 5.17. The van der Waals surface area contributed by atoms with Crippen LogP contribution < -0.4 is 11.1 Å². The van der Waals surface area contributed by atoms with Gasteiger partial charge in [-0.05, 0) is 29.8 Å². The Kier molecular flexibility index (Phi) is 3.84. The van der Waals surface area contributed by atoms with E-state index in [1.165, 1.54) is 18.3 Å². The zero-order chi connectivity index (χ0) is 17.3. The topological polar surface area (TPSA) is 96.7 Å². The summed E-state index contributed by atoms with van der Waals surface area (Å²) in [6.07, 6.45) is -2.03. The van der Waals surface area contributed by atoms with Crippen LogP contribution in [0.4, 0.5) is 24.7 Å². The van der Waals surface area contributed by atoms with Crippen molar-refractivity contribution < 1.29 is 18.0 Å². The molecule has 6 nitrogen and oxygen atoms in total. The molecule has 0 unspecified atom stereocenters. The fraction of sp³-hybridized carbons (Fsp3) is 0.133. The predicted octanol–water partition coefficient (Wildman–Crippen LogP) is 2.74. The van der Waals surface area contributed by atoms with Crippen molar-refractivity contribution in [1.82, 2.24) is 15.2 Å². The first-order chi connectivity index (χ1) is 11.3. The van der Waals surface area contributed by atoms with Crippen LogP contribution in [0.2, 0.25) is 0 Å². The Morgan fingerprint density at radius 2 is 2.08 bits per heavy atom. The van der Waals surface area contributed by atoms with E-state index in [0.717, 1.165) is 12.3 Å². The number of hydrogen-bond donors (Lipinski definition) is 3. The largest absolute Gasteiger partial charge is 0.417 e. The van der Waals surface area contributed by atoms with Crippen molar-refractivity contribution in [3.63, 3.8) is 0 Å². The summed E-state index contributed by atoms with van der Waals surface area (Å²) in [4.78, 5) is 15.9. The number of amides is 1. The summed E-state index contributed by atoms with van der Waals surface area (Å²) in [7, 11) is 0. The lowest BCUT2D eigenvalue weighted by atomic mass is 10.1. The number of halogens is 3. The number of nitrogens with zero attached hydrogens (tertiary/aromatic N) is 2. The summed E-state index contributed by atoms with van der Waals surface area (Å²) in [6.45, 7) is 0. The Bertz CT molecular complexity index is 904. The maximum atomic E-state index is 13.1. The summed E-state index contributed by atoms with van der Waals surface area (Å²) >= 11 is 0. The van der Waals surface area contributed by atoms with Gasteiger partial charge in [0.25, 0.3) is 0 Å². The number of aromatic nitrogens is 3. The molecule has 24 heavy (non-hydrogen) atoms. The van der Waals surface area contributed by atoms with Crippen molar-refractivity contribution in [2.45, 2.75) is 12.6 Å². The fourth-order valence-corrected chi connectivity index (χ4v) is 2.35. The van der Waals surface area contributed by atoms with E-state index in [2.05, 4.69) is 20.5 Å². The highest BCUT2D eigenvalue weighted by Crippen LogP contribution is 2.36. The molecular formula is C15H12F3N5O. The number of fused-ring (bicyclic) bond motifs is 1. The number of rotatable bonds is 3. The molecule has 0 saturated heterocycles. The number of anilines is 2. The first kappa shape index (κ1) is 15.8. The smallest absolute Gasteiger partial charge is 0.384 e. The van der Waals surface area contributed by atoms with Crippen LogP contribution in [0.5, 0.6) is 0 Å². The summed E-state index contributed by atoms with van der Waals surface area (Å²) in [6, 6.07) is 5.42. The van der Waals surface area contributed by atoms with Crippen molar-refractivity contribution in [2.75, 3.05) is 11.1 Å². The molecule has 3 rings (SSSR count). The van der Waals surface area contributed by atoms with Gasteiger partial charge < -0.3 is 11.1 Å². The zero-order valence-electron chi connectivity index (χ0n) is 12.2. The van der Waals surface area contributed by atoms with Gasteiger partial charge >= 0.3 is 6.18 Å². The van der Waals surface area contributed by atoms with E-state index in [4.69, 9.17) is 5.73 Å². The van der Waals surface area contributed by atoms with E-state index < -0.39 is 17.6 Å². The molecule has 0 aliphatic rings. The minimum Gasteiger partial charge on any atom is -0.384 e. The molecule has 0 radical (unpaired) electrons. The third-order valence-corrected chi connectivity index (χ3v) is 3.36. The number of hydrogen-bond acceptors (Lipinski definition) is 4. The van der Waals surface area contributed by atoms with E-state index in [9.17, 15) is 18.0 Å². The minimum atomic E-state index is -4.55. The first-order valence-electron chi connectivity index (χ1n) is 6.87. The summed E-state index contributed by atoms with van der Waals surface area (Å²) in [5, 5.41) is 8.49. The molecule has 0 atom stereocenters. The van der Waals surface area contributed by atoms with Gasteiger partial charge in [0, 0.05) is 17.3 Å². The molecule has 2 heterocycles. The van der Waals surface area contributed by atoms with E-state index in [0.29, 0.717) is 5.56 Å². The standard InChI is InChI=1S/C15H12F3N5O/c16-15(17,18)11-5-9(6-12-10(11)7-21-23-12)22-14(24)4-8-1-2-20-13(19)3-8/h1-3,5-7H,4H2,(H2,19,20)(H,21,23)(H,22,24). The number of pyridine rings is 1. The molecule has 0 aliphatic carbocycles. The molecule has 1 aromatic carbocycles. The van der Waals surface area contributed by atoms with Gasteiger partial charge in [0.1, 0.15) is 5.82 Å². The number of nitrogen functional groups attached to an aromatic ring is 1. The van der Waals surface area contributed by atoms with Gasteiger partial charge in [-0.1, -0.05) is 0 Å². The van der Waals surface area contributed by atoms with Crippen molar-refractivity contribution in [3.05, 3.63) is 47.8 Å². The van der Waals surface area contributed by atoms with Crippen LogP contribution >= 0.6 is 0 Å². The van der Waals surface area contributed by atoms with Crippen molar-refractivity contribution >= 4 is 28.3 Å². The van der Waals surface area contributed by atoms with Gasteiger partial charge in [0.15, 0.2) is 0 Å². The minimum absolute atomic E-state index is 0.0327. The molecular weight excluding hydrogens is 323 g/mol. The second-order valence-electron chi connectivity index (χ2n) is 5.17. The number of carbonyl (C=O) groups excluding carboxylic acids is 1. The average molecular weight is 335 g/mol. The molecule has 3 aromatic rings. The highest BCUT2D eigenvalue weighted by Gasteiger charge is 2.33. The number of alkyl halides is 3. The van der Waals surface area contributed by atoms with Crippen LogP contribution in [-0.2, 0) is 17.4 Å². The van der Waals surface area contributed by atoms with Crippen molar-refractivity contribution in [2.24, 2.45) is 0 Å². The van der Waals surface area contributed by atoms with Crippen LogP contribution in [0.15, 0.2) is 36.7 Å². The van der Waals surface area contributed by atoms with Crippen molar-refractivity contribution in [1.29, 1.82) is 0 Å². The molecule has 2 aromatic heterocycles. The third-order valence-electron chi connectivity index (χ3n) is 3.36. The first-order valence-corrected chi connectivity index (χ1v) is 6.87. The second kappa shape index (κ2) is 5.84. The van der Waals surface area contributed by atoms with E-state index >= 15 is 0 Å². The molecule has 0 bridgehead atoms. The van der Waals surface area contributed by atoms with Crippen molar-refractivity contribution in [3.8, 4) is 0 Å². The summed E-state index contributed by atoms with van der Waals surface area (Å²) in [5.41, 5.74) is 5.49. The lowest BCUT2D eigenvalue weighted by molar-refractivity contribution is -0.136. The lowest BCUT2D eigenvalue weighted by Gasteiger charge is -2.11.